The average molecular weight is 319 g/mol. The molecule has 2 aromatic rings. The Morgan fingerprint density at radius 1 is 1.32 bits per heavy atom. The monoisotopic (exact) mass is 318 g/mol. The molecule has 1 aromatic heterocycles. The van der Waals surface area contributed by atoms with Crippen molar-refractivity contribution in [2.24, 2.45) is 0 Å². The van der Waals surface area contributed by atoms with E-state index in [0.29, 0.717) is 10.9 Å². The number of nitrogens with zero attached hydrogens (tertiary/aromatic N) is 2. The number of para-hydroxylation sites is 2. The lowest BCUT2D eigenvalue weighted by Crippen LogP contribution is -2.25. The molecule has 3 rings (SSSR count). The lowest BCUT2D eigenvalue weighted by atomic mass is 10.2. The van der Waals surface area contributed by atoms with Crippen molar-refractivity contribution < 1.29 is 9.47 Å². The maximum absolute atomic E-state index is 6.19. The van der Waals surface area contributed by atoms with Crippen molar-refractivity contribution in [3.8, 4) is 11.6 Å². The summed E-state index contributed by atoms with van der Waals surface area (Å²) < 4.78 is 11.4. The molecule has 1 aliphatic heterocycles. The summed E-state index contributed by atoms with van der Waals surface area (Å²) in [6.45, 7) is 3.68. The number of pyridine rings is 1. The van der Waals surface area contributed by atoms with Gasteiger partial charge in [-0.15, -0.1) is 0 Å². The topological polar surface area (TPSA) is 34.6 Å². The zero-order valence-electron chi connectivity index (χ0n) is 12.8. The first kappa shape index (κ1) is 15.0. The Morgan fingerprint density at radius 2 is 2.14 bits per heavy atom. The summed E-state index contributed by atoms with van der Waals surface area (Å²) in [5.74, 6) is 1.40. The van der Waals surface area contributed by atoms with Crippen molar-refractivity contribution in [3.63, 3.8) is 0 Å². The molecule has 0 bridgehead atoms. The largest absolute Gasteiger partial charge is 0.495 e. The Labute approximate surface area is 135 Å². The van der Waals surface area contributed by atoms with Crippen LogP contribution in [0.3, 0.4) is 0 Å². The quantitative estimate of drug-likeness (QED) is 0.860. The minimum absolute atomic E-state index is 0.0811. The van der Waals surface area contributed by atoms with Gasteiger partial charge in [0.1, 0.15) is 16.9 Å². The summed E-state index contributed by atoms with van der Waals surface area (Å²) in [4.78, 5) is 6.54. The van der Waals surface area contributed by atoms with Crippen LogP contribution >= 0.6 is 11.6 Å². The van der Waals surface area contributed by atoms with Crippen LogP contribution in [0.5, 0.6) is 11.6 Å². The normalized spacial score (nSPS) is 17.6. The van der Waals surface area contributed by atoms with Gasteiger partial charge in [-0.25, -0.2) is 4.98 Å². The van der Waals surface area contributed by atoms with Gasteiger partial charge in [-0.2, -0.15) is 0 Å². The molecule has 116 valence electrons. The van der Waals surface area contributed by atoms with Crippen LogP contribution in [0.1, 0.15) is 12.0 Å². The van der Waals surface area contributed by atoms with Crippen LogP contribution in [-0.2, 0) is 0 Å². The third-order valence-corrected chi connectivity index (χ3v) is 4.06. The highest BCUT2D eigenvalue weighted by molar-refractivity contribution is 6.31. The van der Waals surface area contributed by atoms with Gasteiger partial charge >= 0.3 is 0 Å². The smallest absolute Gasteiger partial charge is 0.232 e. The first-order chi connectivity index (χ1) is 10.7. The summed E-state index contributed by atoms with van der Waals surface area (Å²) in [5, 5.41) is 0.566. The van der Waals surface area contributed by atoms with Crippen LogP contribution < -0.4 is 14.4 Å². The summed E-state index contributed by atoms with van der Waals surface area (Å²) in [6, 6.07) is 9.91. The van der Waals surface area contributed by atoms with Gasteiger partial charge in [0.15, 0.2) is 0 Å². The second kappa shape index (κ2) is 6.44. The second-order valence-electron chi connectivity index (χ2n) is 5.45. The van der Waals surface area contributed by atoms with Crippen LogP contribution in [0, 0.1) is 6.92 Å². The number of ether oxygens (including phenoxy) is 2. The number of methoxy groups -OCH3 is 1. The third-order valence-electron chi connectivity index (χ3n) is 3.79. The van der Waals surface area contributed by atoms with Crippen LogP contribution in [0.2, 0.25) is 5.02 Å². The van der Waals surface area contributed by atoms with Gasteiger partial charge in [0, 0.05) is 19.2 Å². The van der Waals surface area contributed by atoms with Gasteiger partial charge in [-0.1, -0.05) is 23.7 Å². The first-order valence-electron chi connectivity index (χ1n) is 7.34. The molecule has 1 aliphatic rings. The Morgan fingerprint density at radius 3 is 2.91 bits per heavy atom. The number of aromatic nitrogens is 1. The summed E-state index contributed by atoms with van der Waals surface area (Å²) in [7, 11) is 1.69. The summed E-state index contributed by atoms with van der Waals surface area (Å²) in [6.07, 6.45) is 2.79. The van der Waals surface area contributed by atoms with Crippen molar-refractivity contribution in [1.29, 1.82) is 0 Å². The van der Waals surface area contributed by atoms with Gasteiger partial charge in [-0.05, 0) is 30.7 Å². The number of halogens is 1. The van der Waals surface area contributed by atoms with Crippen LogP contribution in [0.25, 0.3) is 0 Å². The van der Waals surface area contributed by atoms with E-state index in [0.717, 1.165) is 36.5 Å². The van der Waals surface area contributed by atoms with E-state index in [1.54, 1.807) is 13.3 Å². The van der Waals surface area contributed by atoms with E-state index in [4.69, 9.17) is 21.1 Å². The van der Waals surface area contributed by atoms with Gasteiger partial charge < -0.3 is 14.4 Å². The lowest BCUT2D eigenvalue weighted by Gasteiger charge is -2.21. The van der Waals surface area contributed by atoms with E-state index >= 15 is 0 Å². The molecule has 1 aromatic carbocycles. The highest BCUT2D eigenvalue weighted by Crippen LogP contribution is 2.32. The van der Waals surface area contributed by atoms with E-state index in [-0.39, 0.29) is 6.10 Å². The van der Waals surface area contributed by atoms with Crippen LogP contribution in [0.4, 0.5) is 5.69 Å². The summed E-state index contributed by atoms with van der Waals surface area (Å²) >= 11 is 6.19. The zero-order valence-corrected chi connectivity index (χ0v) is 13.5. The fraction of sp³-hybridized carbons (Fsp3) is 0.353. The van der Waals surface area contributed by atoms with Gasteiger partial charge in [-0.3, -0.25) is 0 Å². The number of anilines is 1. The molecule has 5 heteroatoms. The standard InChI is InChI=1S/C17H19ClN2O2/c1-12-9-14(18)17(19-10-12)22-13-7-8-20(11-13)15-5-3-4-6-16(15)21-2/h3-6,9-10,13H,7-8,11H2,1-2H3. The molecule has 1 fully saturated rings. The molecule has 22 heavy (non-hydrogen) atoms. The van der Waals surface area contributed by atoms with Gasteiger partial charge in [0.05, 0.1) is 19.3 Å². The number of aryl methyl sites for hydroxylation is 1. The molecule has 0 spiro atoms. The number of hydrogen-bond donors (Lipinski definition) is 0. The van der Waals surface area contributed by atoms with Gasteiger partial charge in [0.25, 0.3) is 0 Å². The molecule has 0 saturated carbocycles. The zero-order chi connectivity index (χ0) is 15.5. The van der Waals surface area contributed by atoms with E-state index < -0.39 is 0 Å². The van der Waals surface area contributed by atoms with E-state index in [9.17, 15) is 0 Å². The number of rotatable bonds is 4. The lowest BCUT2D eigenvalue weighted by molar-refractivity contribution is 0.216. The molecular formula is C17H19ClN2O2. The van der Waals surface area contributed by atoms with Crippen LogP contribution in [-0.4, -0.2) is 31.3 Å². The molecule has 0 amide bonds. The summed E-state index contributed by atoms with van der Waals surface area (Å²) in [5.41, 5.74) is 2.12. The Balaban J connectivity index is 1.70. The molecule has 1 atom stereocenters. The Hall–Kier alpha value is -1.94. The van der Waals surface area contributed by atoms with E-state index in [1.807, 2.05) is 31.2 Å². The number of hydrogen-bond acceptors (Lipinski definition) is 4. The molecule has 2 heterocycles. The maximum Gasteiger partial charge on any atom is 0.232 e. The average Bonchev–Trinajstić information content (AvgIpc) is 2.98. The highest BCUT2D eigenvalue weighted by atomic mass is 35.5. The van der Waals surface area contributed by atoms with E-state index in [1.165, 1.54) is 0 Å². The van der Waals surface area contributed by atoms with Crippen molar-refractivity contribution in [3.05, 3.63) is 47.1 Å². The molecule has 0 N–H and O–H groups in total. The Kier molecular flexibility index (Phi) is 4.39. The first-order valence-corrected chi connectivity index (χ1v) is 7.72. The fourth-order valence-corrected chi connectivity index (χ4v) is 2.97. The second-order valence-corrected chi connectivity index (χ2v) is 5.85. The van der Waals surface area contributed by atoms with Gasteiger partial charge in [0.2, 0.25) is 5.88 Å². The van der Waals surface area contributed by atoms with Crippen LogP contribution in [0.15, 0.2) is 36.5 Å². The van der Waals surface area contributed by atoms with Crippen molar-refractivity contribution >= 4 is 17.3 Å². The molecule has 1 saturated heterocycles. The minimum Gasteiger partial charge on any atom is -0.495 e. The van der Waals surface area contributed by atoms with Crippen molar-refractivity contribution in [1.82, 2.24) is 4.98 Å². The fourth-order valence-electron chi connectivity index (χ4n) is 2.70. The highest BCUT2D eigenvalue weighted by Gasteiger charge is 2.26. The molecule has 0 aliphatic carbocycles. The molecule has 0 radical (unpaired) electrons. The third kappa shape index (κ3) is 3.12. The molecular weight excluding hydrogens is 300 g/mol. The minimum atomic E-state index is 0.0811. The van der Waals surface area contributed by atoms with Crippen molar-refractivity contribution in [2.45, 2.75) is 19.4 Å². The SMILES string of the molecule is COc1ccccc1N1CCC(Oc2ncc(C)cc2Cl)C1. The number of benzene rings is 1. The molecule has 1 unspecified atom stereocenters. The van der Waals surface area contributed by atoms with Crippen molar-refractivity contribution in [2.75, 3.05) is 25.1 Å². The predicted molar refractivity (Wildman–Crippen MR) is 88.2 cm³/mol. The van der Waals surface area contributed by atoms with E-state index in [2.05, 4.69) is 16.0 Å². The predicted octanol–water partition coefficient (Wildman–Crippen LogP) is 3.71. The molecule has 4 nitrogen and oxygen atoms in total. The maximum atomic E-state index is 6.19. The Bertz CT molecular complexity index is 663.